The number of halogens is 4. The highest BCUT2D eigenvalue weighted by molar-refractivity contribution is 9.10. The fourth-order valence-corrected chi connectivity index (χ4v) is 6.56. The molecule has 0 radical (unpaired) electrons. The van der Waals surface area contributed by atoms with Gasteiger partial charge in [0.15, 0.2) is 16.2 Å². The fraction of sp³-hybridized carbons (Fsp3) is 0.444. The van der Waals surface area contributed by atoms with Crippen molar-refractivity contribution in [1.82, 2.24) is 19.1 Å². The lowest BCUT2D eigenvalue weighted by Gasteiger charge is -2.25. The molecule has 1 amide bonds. The summed E-state index contributed by atoms with van der Waals surface area (Å²) in [7, 11) is 0. The molecule has 238 valence electrons. The molecular weight excluding hydrogens is 753 g/mol. The summed E-state index contributed by atoms with van der Waals surface area (Å²) in [6, 6.07) is 11.4. The van der Waals surface area contributed by atoms with Gasteiger partial charge in [0, 0.05) is 29.9 Å². The molecule has 17 heteroatoms. The van der Waals surface area contributed by atoms with E-state index < -0.39 is 55.8 Å². The third kappa shape index (κ3) is 7.04. The molecule has 1 aromatic carbocycles. The van der Waals surface area contributed by atoms with Gasteiger partial charge in [-0.15, -0.1) is 11.6 Å². The van der Waals surface area contributed by atoms with E-state index in [2.05, 4.69) is 42.2 Å². The van der Waals surface area contributed by atoms with Crippen molar-refractivity contribution in [2.24, 2.45) is 5.92 Å². The van der Waals surface area contributed by atoms with Gasteiger partial charge in [0.2, 0.25) is 0 Å². The number of H-pyrrole nitrogens is 1. The molecule has 4 heterocycles. The van der Waals surface area contributed by atoms with Crippen molar-refractivity contribution in [2.75, 3.05) is 11.9 Å². The Bertz CT molecular complexity index is 1650. The van der Waals surface area contributed by atoms with Crippen molar-refractivity contribution in [3.8, 4) is 0 Å². The van der Waals surface area contributed by atoms with Crippen LogP contribution < -0.4 is 22.3 Å². The first-order valence-corrected chi connectivity index (χ1v) is 15.7. The number of benzene rings is 1. The summed E-state index contributed by atoms with van der Waals surface area (Å²) in [5, 5.41) is 21.5. The Hall–Kier alpha value is -2.37. The lowest BCUT2D eigenvalue weighted by Crippen LogP contribution is -2.40. The molecule has 2 aliphatic rings. The van der Waals surface area contributed by atoms with E-state index in [1.165, 1.54) is 17.0 Å². The van der Waals surface area contributed by atoms with Gasteiger partial charge in [-0.05, 0) is 24.6 Å². The molecule has 2 fully saturated rings. The van der Waals surface area contributed by atoms with Gasteiger partial charge in [0.1, 0.15) is 21.8 Å². The van der Waals surface area contributed by atoms with Gasteiger partial charge >= 0.3 is 11.4 Å². The number of aromatic amines is 1. The van der Waals surface area contributed by atoms with Crippen LogP contribution in [0.4, 0.5) is 5.82 Å². The van der Waals surface area contributed by atoms with E-state index in [9.17, 15) is 24.3 Å². The first kappa shape index (κ1) is 34.5. The van der Waals surface area contributed by atoms with Crippen LogP contribution in [0.15, 0.2) is 69.2 Å². The van der Waals surface area contributed by atoms with Gasteiger partial charge in [-0.25, -0.2) is 9.59 Å². The zero-order valence-electron chi connectivity index (χ0n) is 23.3. The summed E-state index contributed by atoms with van der Waals surface area (Å²) in [6.07, 6.45) is -0.440. The van der Waals surface area contributed by atoms with Crippen LogP contribution in [-0.2, 0) is 9.47 Å². The van der Waals surface area contributed by atoms with Crippen molar-refractivity contribution in [2.45, 2.75) is 58.6 Å². The predicted molar refractivity (Wildman–Crippen MR) is 170 cm³/mol. The zero-order valence-corrected chi connectivity index (χ0v) is 28.0. The lowest BCUT2D eigenvalue weighted by molar-refractivity contribution is -0.0460. The van der Waals surface area contributed by atoms with Crippen LogP contribution in [0.3, 0.4) is 0 Å². The average molecular weight is 782 g/mol. The Morgan fingerprint density at radius 3 is 2.18 bits per heavy atom. The maximum Gasteiger partial charge on any atom is 0.351 e. The molecule has 3 aromatic rings. The molecule has 13 nitrogen and oxygen atoms in total. The van der Waals surface area contributed by atoms with Gasteiger partial charge in [0.25, 0.3) is 11.5 Å². The van der Waals surface area contributed by atoms with Crippen molar-refractivity contribution in [3.05, 3.63) is 91.7 Å². The molecule has 2 aliphatic heterocycles. The summed E-state index contributed by atoms with van der Waals surface area (Å²) in [4.78, 5) is 53.2. The van der Waals surface area contributed by atoms with Gasteiger partial charge in [0.05, 0.1) is 12.7 Å². The molecule has 2 saturated heterocycles. The Balaban J connectivity index is 0.000000215. The van der Waals surface area contributed by atoms with Gasteiger partial charge in [-0.3, -0.25) is 23.7 Å². The van der Waals surface area contributed by atoms with Crippen LogP contribution in [0, 0.1) is 5.92 Å². The third-order valence-corrected chi connectivity index (χ3v) is 10.1. The second-order valence-corrected chi connectivity index (χ2v) is 14.9. The number of hydrogen-bond donors (Lipinski definition) is 4. The minimum absolute atomic E-state index is 0.00327. The van der Waals surface area contributed by atoms with Gasteiger partial charge in [-0.1, -0.05) is 75.5 Å². The smallest absolute Gasteiger partial charge is 0.351 e. The number of aromatic nitrogens is 4. The maximum atomic E-state index is 12.5. The molecule has 2 aromatic heterocycles. The zero-order chi connectivity index (χ0) is 32.4. The Labute approximate surface area is 277 Å². The number of carbonyl (C=O) groups excluding carboxylic acids is 1. The van der Waals surface area contributed by atoms with Crippen molar-refractivity contribution >= 4 is 66.8 Å². The summed E-state index contributed by atoms with van der Waals surface area (Å²) < 4.78 is 11.2. The molecule has 5 rings (SSSR count). The van der Waals surface area contributed by atoms with Crippen LogP contribution >= 0.6 is 55.1 Å². The highest BCUT2D eigenvalue weighted by Gasteiger charge is 2.55. The second kappa shape index (κ2) is 14.0. The SMILES string of the molecule is CC[C@H]1O[C@@H](n2ccc(NC(=O)c3ccccc3)nc2=O)[C@](Cl)(Br)[C@@H]1C.O=c1ccn([C@@H]2O[C@H](CO)[C@@H](O)[C@@]2(Cl)Br)c(=O)[nH]1. The van der Waals surface area contributed by atoms with E-state index >= 15 is 0 Å². The second-order valence-electron chi connectivity index (χ2n) is 10.1. The molecule has 44 heavy (non-hydrogen) atoms. The molecule has 0 unspecified atom stereocenters. The number of anilines is 1. The van der Waals surface area contributed by atoms with E-state index in [1.807, 2.05) is 24.9 Å². The average Bonchev–Trinajstić information content (AvgIpc) is 3.36. The molecule has 0 bridgehead atoms. The van der Waals surface area contributed by atoms with Crippen LogP contribution in [-0.4, -0.2) is 67.7 Å². The number of nitrogens with zero attached hydrogens (tertiary/aromatic N) is 3. The van der Waals surface area contributed by atoms with Crippen LogP contribution in [0.2, 0.25) is 0 Å². The largest absolute Gasteiger partial charge is 0.394 e. The molecule has 8 atom stereocenters. The number of aliphatic hydroxyl groups is 2. The Kier molecular flexibility index (Phi) is 10.9. The summed E-state index contributed by atoms with van der Waals surface area (Å²) >= 11 is 19.3. The molecule has 0 saturated carbocycles. The minimum atomic E-state index is -1.47. The van der Waals surface area contributed by atoms with Crippen LogP contribution in [0.5, 0.6) is 0 Å². The quantitative estimate of drug-likeness (QED) is 0.274. The fourth-order valence-electron chi connectivity index (χ4n) is 4.72. The third-order valence-electron chi connectivity index (χ3n) is 7.22. The number of nitrogens with one attached hydrogen (secondary N) is 2. The number of alkyl halides is 4. The summed E-state index contributed by atoms with van der Waals surface area (Å²) in [6.45, 7) is 3.53. The maximum absolute atomic E-state index is 12.5. The van der Waals surface area contributed by atoms with Crippen LogP contribution in [0.1, 0.15) is 43.1 Å². The standard InChI is InChI=1S/C18H19BrClN3O3.C9H10BrClN2O5/c1-3-13-11(2)18(19,20)16(26-13)23-10-9-14(22-17(23)25)21-15(24)12-7-5-4-6-8-12;10-9(11)6(16)4(3-14)18-7(9)13-2-1-5(15)12-8(13)17/h4-11,13,16H,3H2,1-2H3,(H,21,22,24,25);1-2,4,6-7,14,16H,3H2,(H,12,15,17)/t11-,13-,16-,18+;4-,6-,7-,9+/m11/s1. The number of aliphatic hydroxyl groups excluding tert-OH is 2. The van der Waals surface area contributed by atoms with E-state index in [-0.39, 0.29) is 23.7 Å². The van der Waals surface area contributed by atoms with E-state index in [4.69, 9.17) is 37.8 Å². The number of hydrogen-bond acceptors (Lipinski definition) is 9. The van der Waals surface area contributed by atoms with E-state index in [0.717, 1.165) is 17.1 Å². The number of rotatable bonds is 6. The molecule has 0 aliphatic carbocycles. The Morgan fingerprint density at radius 2 is 1.64 bits per heavy atom. The first-order valence-electron chi connectivity index (χ1n) is 13.3. The molecule has 4 N–H and O–H groups in total. The van der Waals surface area contributed by atoms with Gasteiger partial charge in [-0.2, -0.15) is 4.98 Å². The number of carbonyl (C=O) groups is 1. The summed E-state index contributed by atoms with van der Waals surface area (Å²) in [5.41, 5.74) is -1.34. The molecular formula is C27H29Br2Cl2N5O8. The van der Waals surface area contributed by atoms with Crippen molar-refractivity contribution in [1.29, 1.82) is 0 Å². The predicted octanol–water partition coefficient (Wildman–Crippen LogP) is 2.89. The number of ether oxygens (including phenoxy) is 2. The van der Waals surface area contributed by atoms with E-state index in [0.29, 0.717) is 5.56 Å². The van der Waals surface area contributed by atoms with E-state index in [1.54, 1.807) is 30.3 Å². The highest BCUT2D eigenvalue weighted by atomic mass is 79.9. The topological polar surface area (TPSA) is 178 Å². The van der Waals surface area contributed by atoms with Gasteiger partial charge < -0.3 is 25.0 Å². The van der Waals surface area contributed by atoms with Crippen LogP contribution in [0.25, 0.3) is 0 Å². The summed E-state index contributed by atoms with van der Waals surface area (Å²) in [5.74, 6) is -0.157. The monoisotopic (exact) mass is 779 g/mol. The minimum Gasteiger partial charge on any atom is -0.394 e. The highest BCUT2D eigenvalue weighted by Crippen LogP contribution is 2.52. The normalized spacial score (nSPS) is 31.3. The lowest BCUT2D eigenvalue weighted by atomic mass is 10.0. The number of amides is 1. The molecule has 0 spiro atoms. The first-order chi connectivity index (χ1) is 20.7. The Morgan fingerprint density at radius 1 is 1.02 bits per heavy atom. The van der Waals surface area contributed by atoms with Crippen molar-refractivity contribution < 1.29 is 24.5 Å². The van der Waals surface area contributed by atoms with Crippen molar-refractivity contribution in [3.63, 3.8) is 0 Å².